The first-order valence-electron chi connectivity index (χ1n) is 7.91. The first kappa shape index (κ1) is 16.3. The van der Waals surface area contributed by atoms with E-state index >= 15 is 0 Å². The first-order valence-corrected chi connectivity index (χ1v) is 12.4. The van der Waals surface area contributed by atoms with Crippen molar-refractivity contribution >= 4 is 35.4 Å². The molecule has 6 heteroatoms. The summed E-state index contributed by atoms with van der Waals surface area (Å²) < 4.78 is 12.4. The number of ether oxygens (including phenoxy) is 2. The predicted octanol–water partition coefficient (Wildman–Crippen LogP) is 3.74. The van der Waals surface area contributed by atoms with E-state index < -0.39 is 8.07 Å². The molecule has 2 aliphatic rings. The van der Waals surface area contributed by atoms with Crippen LogP contribution in [0.5, 0.6) is 0 Å². The lowest BCUT2D eigenvalue weighted by Gasteiger charge is -2.36. The quantitative estimate of drug-likeness (QED) is 0.550. The molecular formula is C16H25BrN2O2Si. The molecule has 1 fully saturated rings. The number of benzene rings is 1. The van der Waals surface area contributed by atoms with Crippen LogP contribution in [0.1, 0.15) is 0 Å². The minimum atomic E-state index is -1.02. The van der Waals surface area contributed by atoms with Gasteiger partial charge in [0.15, 0.2) is 0 Å². The maximum atomic E-state index is 5.96. The number of rotatable bonds is 6. The maximum absolute atomic E-state index is 5.96. The van der Waals surface area contributed by atoms with Gasteiger partial charge in [0.2, 0.25) is 0 Å². The average Bonchev–Trinajstić information content (AvgIpc) is 2.70. The molecule has 122 valence electrons. The molecule has 3 rings (SSSR count). The van der Waals surface area contributed by atoms with Crippen molar-refractivity contribution in [2.24, 2.45) is 0 Å². The van der Waals surface area contributed by atoms with E-state index in [-0.39, 0.29) is 0 Å². The van der Waals surface area contributed by atoms with Gasteiger partial charge in [-0.15, -0.1) is 0 Å². The van der Waals surface area contributed by atoms with Crippen molar-refractivity contribution in [3.63, 3.8) is 0 Å². The Morgan fingerprint density at radius 1 is 1.27 bits per heavy atom. The van der Waals surface area contributed by atoms with Gasteiger partial charge in [-0.25, -0.2) is 0 Å². The van der Waals surface area contributed by atoms with Gasteiger partial charge < -0.3 is 19.3 Å². The summed E-state index contributed by atoms with van der Waals surface area (Å²) in [5, 5.41) is 0. The Balaban J connectivity index is 1.64. The van der Waals surface area contributed by atoms with Crippen LogP contribution < -0.4 is 9.80 Å². The molecule has 0 aliphatic carbocycles. The molecule has 0 bridgehead atoms. The summed E-state index contributed by atoms with van der Waals surface area (Å²) in [5.41, 5.74) is 2.56. The van der Waals surface area contributed by atoms with Crippen molar-refractivity contribution in [2.75, 3.05) is 43.0 Å². The number of hydrogen-bond acceptors (Lipinski definition) is 4. The summed E-state index contributed by atoms with van der Waals surface area (Å²) in [4.78, 5) is 4.76. The number of nitrogens with zero attached hydrogens (tertiary/aromatic N) is 2. The van der Waals surface area contributed by atoms with Gasteiger partial charge in [-0.3, -0.25) is 0 Å². The lowest BCUT2D eigenvalue weighted by molar-refractivity contribution is 0.00836. The molecule has 0 amide bonds. The van der Waals surface area contributed by atoms with Crippen LogP contribution in [0, 0.1) is 0 Å². The molecule has 0 radical (unpaired) electrons. The highest BCUT2D eigenvalue weighted by Gasteiger charge is 2.34. The second-order valence-electron chi connectivity index (χ2n) is 7.32. The number of anilines is 2. The number of fused-ring (bicyclic) bond motifs is 1. The van der Waals surface area contributed by atoms with Crippen LogP contribution >= 0.6 is 15.9 Å². The van der Waals surface area contributed by atoms with Gasteiger partial charge in [-0.2, -0.15) is 0 Å². The molecule has 0 atom stereocenters. The zero-order valence-corrected chi connectivity index (χ0v) is 16.2. The molecule has 1 aromatic carbocycles. The third kappa shape index (κ3) is 3.67. The second-order valence-corrected chi connectivity index (χ2v) is 13.9. The van der Waals surface area contributed by atoms with Gasteiger partial charge in [-0.1, -0.05) is 35.6 Å². The third-order valence-corrected chi connectivity index (χ3v) is 6.41. The van der Waals surface area contributed by atoms with Gasteiger partial charge in [0.25, 0.3) is 0 Å². The molecule has 0 aromatic heterocycles. The van der Waals surface area contributed by atoms with Gasteiger partial charge in [0.1, 0.15) is 6.73 Å². The van der Waals surface area contributed by atoms with Gasteiger partial charge in [0, 0.05) is 19.2 Å². The molecule has 0 spiro atoms. The normalized spacial score (nSPS) is 18.5. The van der Waals surface area contributed by atoms with Crippen LogP contribution in [0.15, 0.2) is 22.7 Å². The fraction of sp³-hybridized carbons (Fsp3) is 0.625. The summed E-state index contributed by atoms with van der Waals surface area (Å²) in [6.45, 7) is 11.2. The Morgan fingerprint density at radius 3 is 2.68 bits per heavy atom. The maximum Gasteiger partial charge on any atom is 0.120 e. The highest BCUT2D eigenvalue weighted by molar-refractivity contribution is 9.10. The fourth-order valence-corrected chi connectivity index (χ4v) is 3.81. The van der Waals surface area contributed by atoms with Crippen molar-refractivity contribution in [3.8, 4) is 0 Å². The molecule has 2 aliphatic heterocycles. The van der Waals surface area contributed by atoms with Crippen molar-refractivity contribution in [2.45, 2.75) is 31.7 Å². The van der Waals surface area contributed by atoms with Crippen LogP contribution in [-0.2, 0) is 9.47 Å². The molecule has 1 aromatic rings. The molecule has 2 heterocycles. The number of hydrogen-bond donors (Lipinski definition) is 0. The zero-order chi connectivity index (χ0) is 15.7. The van der Waals surface area contributed by atoms with E-state index in [0.717, 1.165) is 31.0 Å². The Kier molecular flexibility index (Phi) is 4.82. The fourth-order valence-electron chi connectivity index (χ4n) is 2.71. The summed E-state index contributed by atoms with van der Waals surface area (Å²) >= 11 is 3.58. The van der Waals surface area contributed by atoms with Crippen molar-refractivity contribution < 1.29 is 9.47 Å². The largest absolute Gasteiger partial charge is 0.377 e. The Bertz CT molecular complexity index is 531. The van der Waals surface area contributed by atoms with Crippen molar-refractivity contribution in [1.29, 1.82) is 0 Å². The van der Waals surface area contributed by atoms with E-state index in [1.54, 1.807) is 0 Å². The standard InChI is InChI=1S/C16H25BrN2O2Si/c1-22(2,3)7-6-20-12-18-11-19(14-9-21-10-14)15-5-4-13(17)8-16(15)18/h4-5,8,14H,6-7,9-12H2,1-3H3. The number of halogens is 1. The summed E-state index contributed by atoms with van der Waals surface area (Å²) in [7, 11) is -1.02. The highest BCUT2D eigenvalue weighted by Crippen LogP contribution is 2.39. The smallest absolute Gasteiger partial charge is 0.120 e. The molecular weight excluding hydrogens is 360 g/mol. The van der Waals surface area contributed by atoms with E-state index in [4.69, 9.17) is 9.47 Å². The molecule has 1 saturated heterocycles. The Labute approximate surface area is 142 Å². The van der Waals surface area contributed by atoms with E-state index in [2.05, 4.69) is 63.6 Å². The van der Waals surface area contributed by atoms with Gasteiger partial charge >= 0.3 is 0 Å². The van der Waals surface area contributed by atoms with Crippen LogP contribution in [0.2, 0.25) is 25.7 Å². The minimum Gasteiger partial charge on any atom is -0.377 e. The molecule has 0 N–H and O–H groups in total. The lowest BCUT2D eigenvalue weighted by Crippen LogP contribution is -2.50. The molecule has 0 saturated carbocycles. The average molecular weight is 385 g/mol. The van der Waals surface area contributed by atoms with E-state index in [1.807, 2.05) is 0 Å². The first-order chi connectivity index (χ1) is 10.4. The third-order valence-electron chi connectivity index (χ3n) is 4.22. The summed E-state index contributed by atoms with van der Waals surface area (Å²) in [6, 6.07) is 8.22. The minimum absolute atomic E-state index is 0.506. The van der Waals surface area contributed by atoms with Gasteiger partial charge in [0.05, 0.1) is 37.3 Å². The Hall–Kier alpha value is -0.563. The van der Waals surface area contributed by atoms with E-state index in [9.17, 15) is 0 Å². The van der Waals surface area contributed by atoms with E-state index in [1.165, 1.54) is 17.4 Å². The monoisotopic (exact) mass is 384 g/mol. The van der Waals surface area contributed by atoms with Crippen LogP contribution in [-0.4, -0.2) is 47.3 Å². The van der Waals surface area contributed by atoms with Gasteiger partial charge in [-0.05, 0) is 24.2 Å². The SMILES string of the molecule is C[Si](C)(C)CCOCN1CN(C2COC2)c2ccc(Br)cc21. The predicted molar refractivity (Wildman–Crippen MR) is 97.5 cm³/mol. The zero-order valence-electron chi connectivity index (χ0n) is 13.6. The second kappa shape index (κ2) is 6.51. The lowest BCUT2D eigenvalue weighted by atomic mass is 10.2. The Morgan fingerprint density at radius 2 is 2.05 bits per heavy atom. The summed E-state index contributed by atoms with van der Waals surface area (Å²) in [5.74, 6) is 0. The van der Waals surface area contributed by atoms with Crippen LogP contribution in [0.3, 0.4) is 0 Å². The van der Waals surface area contributed by atoms with Crippen molar-refractivity contribution in [3.05, 3.63) is 22.7 Å². The van der Waals surface area contributed by atoms with Crippen molar-refractivity contribution in [1.82, 2.24) is 0 Å². The highest BCUT2D eigenvalue weighted by atomic mass is 79.9. The van der Waals surface area contributed by atoms with Crippen LogP contribution in [0.25, 0.3) is 0 Å². The molecule has 4 nitrogen and oxygen atoms in total. The van der Waals surface area contributed by atoms with E-state index in [0.29, 0.717) is 12.8 Å². The molecule has 22 heavy (non-hydrogen) atoms. The topological polar surface area (TPSA) is 24.9 Å². The summed E-state index contributed by atoms with van der Waals surface area (Å²) in [6.07, 6.45) is 0. The van der Waals surface area contributed by atoms with Crippen LogP contribution in [0.4, 0.5) is 11.4 Å². The molecule has 0 unspecified atom stereocenters.